The predicted octanol–water partition coefficient (Wildman–Crippen LogP) is 3.18. The highest BCUT2D eigenvalue weighted by atomic mass is 14.9. The number of hydrogen-bond donors (Lipinski definition) is 2. The van der Waals surface area contributed by atoms with Crippen molar-refractivity contribution in [2.24, 2.45) is 22.2 Å². The second kappa shape index (κ2) is 4.73. The first-order chi connectivity index (χ1) is 8.97. The fourth-order valence-electron chi connectivity index (χ4n) is 6.63. The molecule has 4 aliphatic rings. The molecule has 4 fully saturated rings. The quantitative estimate of drug-likeness (QED) is 0.720. The molecule has 110 valence electrons. The van der Waals surface area contributed by atoms with Crippen LogP contribution < -0.4 is 10.6 Å². The van der Waals surface area contributed by atoms with Crippen LogP contribution in [0.15, 0.2) is 0 Å². The molecule has 0 radical (unpaired) electrons. The van der Waals surface area contributed by atoms with E-state index in [-0.39, 0.29) is 0 Å². The van der Waals surface area contributed by atoms with Crippen LogP contribution in [0.1, 0.15) is 58.8 Å². The summed E-state index contributed by atoms with van der Waals surface area (Å²) in [5.74, 6) is 1.03. The van der Waals surface area contributed by atoms with Crippen molar-refractivity contribution < 1.29 is 0 Å². The van der Waals surface area contributed by atoms with Gasteiger partial charge in [0.1, 0.15) is 0 Å². The van der Waals surface area contributed by atoms with Crippen LogP contribution in [0.4, 0.5) is 0 Å². The number of nitrogens with one attached hydrogen (secondary N) is 2. The van der Waals surface area contributed by atoms with Crippen molar-refractivity contribution in [2.45, 2.75) is 58.8 Å². The van der Waals surface area contributed by atoms with Crippen LogP contribution in [0, 0.1) is 22.2 Å². The Balaban J connectivity index is 1.61. The molecule has 0 aliphatic heterocycles. The average molecular weight is 264 g/mol. The van der Waals surface area contributed by atoms with Gasteiger partial charge in [0.05, 0.1) is 0 Å². The molecule has 0 saturated heterocycles. The van der Waals surface area contributed by atoms with Crippen LogP contribution in [0.2, 0.25) is 0 Å². The zero-order valence-corrected chi connectivity index (χ0v) is 13.1. The van der Waals surface area contributed by atoms with Crippen LogP contribution in [0.5, 0.6) is 0 Å². The Morgan fingerprint density at radius 2 is 1.63 bits per heavy atom. The Labute approximate surface area is 119 Å². The molecule has 2 N–H and O–H groups in total. The van der Waals surface area contributed by atoms with Crippen molar-refractivity contribution in [1.29, 1.82) is 0 Å². The summed E-state index contributed by atoms with van der Waals surface area (Å²) in [7, 11) is 2.04. The normalized spacial score (nSPS) is 47.8. The molecular formula is C17H32N2. The third kappa shape index (κ3) is 2.71. The fraction of sp³-hybridized carbons (Fsp3) is 1.00. The van der Waals surface area contributed by atoms with Crippen molar-refractivity contribution in [3.8, 4) is 0 Å². The molecule has 4 saturated carbocycles. The Hall–Kier alpha value is -0.0800. The van der Waals surface area contributed by atoms with E-state index >= 15 is 0 Å². The summed E-state index contributed by atoms with van der Waals surface area (Å²) in [5.41, 5.74) is 1.98. The molecule has 4 bridgehead atoms. The Kier molecular flexibility index (Phi) is 3.46. The molecular weight excluding hydrogens is 232 g/mol. The van der Waals surface area contributed by atoms with Gasteiger partial charge in [0.25, 0.3) is 0 Å². The molecule has 4 aliphatic carbocycles. The first-order valence-electron chi connectivity index (χ1n) is 8.32. The summed E-state index contributed by atoms with van der Waals surface area (Å²) in [6.45, 7) is 8.74. The maximum absolute atomic E-state index is 3.77. The van der Waals surface area contributed by atoms with Crippen LogP contribution in [-0.2, 0) is 0 Å². The van der Waals surface area contributed by atoms with Crippen LogP contribution in [0.3, 0.4) is 0 Å². The average Bonchev–Trinajstić information content (AvgIpc) is 2.23. The summed E-state index contributed by atoms with van der Waals surface area (Å²) in [4.78, 5) is 0. The predicted molar refractivity (Wildman–Crippen MR) is 81.3 cm³/mol. The van der Waals surface area contributed by atoms with Crippen LogP contribution >= 0.6 is 0 Å². The van der Waals surface area contributed by atoms with Crippen molar-refractivity contribution in [2.75, 3.05) is 26.7 Å². The Morgan fingerprint density at radius 3 is 2.21 bits per heavy atom. The summed E-state index contributed by atoms with van der Waals surface area (Å²) < 4.78 is 0. The second-order valence-electron chi connectivity index (χ2n) is 8.76. The summed E-state index contributed by atoms with van der Waals surface area (Å²) >= 11 is 0. The summed E-state index contributed by atoms with van der Waals surface area (Å²) in [6, 6.07) is 0. The Morgan fingerprint density at radius 1 is 0.947 bits per heavy atom. The minimum Gasteiger partial charge on any atom is -0.320 e. The van der Waals surface area contributed by atoms with Gasteiger partial charge in [-0.05, 0) is 87.2 Å². The van der Waals surface area contributed by atoms with Gasteiger partial charge in [-0.1, -0.05) is 13.8 Å². The summed E-state index contributed by atoms with van der Waals surface area (Å²) in [6.07, 6.45) is 10.3. The molecule has 2 heteroatoms. The minimum absolute atomic E-state index is 0.641. The first kappa shape index (κ1) is 13.9. The van der Waals surface area contributed by atoms with Gasteiger partial charge in [0.2, 0.25) is 0 Å². The number of hydrogen-bond acceptors (Lipinski definition) is 2. The van der Waals surface area contributed by atoms with Gasteiger partial charge in [-0.25, -0.2) is 0 Å². The second-order valence-corrected chi connectivity index (χ2v) is 8.76. The van der Waals surface area contributed by atoms with Crippen LogP contribution in [0.25, 0.3) is 0 Å². The van der Waals surface area contributed by atoms with E-state index in [0.29, 0.717) is 16.2 Å². The molecule has 0 aromatic carbocycles. The minimum atomic E-state index is 0.641. The van der Waals surface area contributed by atoms with Crippen molar-refractivity contribution in [1.82, 2.24) is 10.6 Å². The lowest BCUT2D eigenvalue weighted by Crippen LogP contribution is -2.57. The van der Waals surface area contributed by atoms with E-state index in [2.05, 4.69) is 24.5 Å². The molecule has 2 unspecified atom stereocenters. The fourth-order valence-corrected chi connectivity index (χ4v) is 6.63. The van der Waals surface area contributed by atoms with E-state index in [9.17, 15) is 0 Å². The number of rotatable bonds is 6. The largest absolute Gasteiger partial charge is 0.320 e. The zero-order valence-electron chi connectivity index (χ0n) is 13.1. The lowest BCUT2D eigenvalue weighted by atomic mass is 9.40. The van der Waals surface area contributed by atoms with E-state index in [1.807, 2.05) is 7.05 Å². The molecule has 2 nitrogen and oxygen atoms in total. The Bertz CT molecular complexity index is 320. The van der Waals surface area contributed by atoms with Gasteiger partial charge in [-0.15, -0.1) is 0 Å². The van der Waals surface area contributed by atoms with E-state index in [1.165, 1.54) is 58.0 Å². The van der Waals surface area contributed by atoms with E-state index in [1.54, 1.807) is 0 Å². The molecule has 19 heavy (non-hydrogen) atoms. The lowest BCUT2D eigenvalue weighted by Gasteiger charge is -2.65. The lowest BCUT2D eigenvalue weighted by molar-refractivity contribution is -0.143. The van der Waals surface area contributed by atoms with E-state index in [4.69, 9.17) is 0 Å². The molecule has 0 spiro atoms. The highest BCUT2D eigenvalue weighted by Gasteiger charge is 2.59. The third-order valence-electron chi connectivity index (χ3n) is 6.02. The smallest absolute Gasteiger partial charge is 0.000833 e. The van der Waals surface area contributed by atoms with E-state index < -0.39 is 0 Å². The van der Waals surface area contributed by atoms with E-state index in [0.717, 1.165) is 12.5 Å². The van der Waals surface area contributed by atoms with Crippen molar-refractivity contribution in [3.05, 3.63) is 0 Å². The van der Waals surface area contributed by atoms with Gasteiger partial charge in [0.15, 0.2) is 0 Å². The molecule has 2 atom stereocenters. The third-order valence-corrected chi connectivity index (χ3v) is 6.02. The van der Waals surface area contributed by atoms with Gasteiger partial charge in [-0.3, -0.25) is 0 Å². The van der Waals surface area contributed by atoms with Crippen LogP contribution in [-0.4, -0.2) is 26.7 Å². The monoisotopic (exact) mass is 264 g/mol. The molecule has 4 rings (SSSR count). The standard InChI is InChI=1S/C17H32N2/c1-15-7-14-8-16(2,10-15)12-17(9-14,11-15)13-19-6-4-5-18-3/h14,18-19H,4-13H2,1-3H3. The summed E-state index contributed by atoms with van der Waals surface area (Å²) in [5, 5.41) is 7.01. The highest BCUT2D eigenvalue weighted by Crippen LogP contribution is 2.69. The maximum Gasteiger partial charge on any atom is 0.000833 e. The topological polar surface area (TPSA) is 24.1 Å². The van der Waals surface area contributed by atoms with Gasteiger partial charge in [0, 0.05) is 6.54 Å². The van der Waals surface area contributed by atoms with Crippen molar-refractivity contribution in [3.63, 3.8) is 0 Å². The molecule has 0 aromatic rings. The van der Waals surface area contributed by atoms with Gasteiger partial charge in [-0.2, -0.15) is 0 Å². The molecule has 0 aromatic heterocycles. The molecule has 0 heterocycles. The highest BCUT2D eigenvalue weighted by molar-refractivity contribution is 5.10. The van der Waals surface area contributed by atoms with Gasteiger partial charge < -0.3 is 10.6 Å². The van der Waals surface area contributed by atoms with Crippen molar-refractivity contribution >= 4 is 0 Å². The zero-order chi connectivity index (χ0) is 13.6. The molecule has 0 amide bonds. The van der Waals surface area contributed by atoms with Gasteiger partial charge >= 0.3 is 0 Å². The SMILES string of the molecule is CNCCCNCC12CC3CC(C)(CC(C)(C3)C1)C2. The maximum atomic E-state index is 3.77. The first-order valence-corrected chi connectivity index (χ1v) is 8.32.